The number of piperidine rings is 1. The van der Waals surface area contributed by atoms with Crippen molar-refractivity contribution in [2.24, 2.45) is 11.8 Å². The van der Waals surface area contributed by atoms with Crippen molar-refractivity contribution < 1.29 is 22.9 Å². The summed E-state index contributed by atoms with van der Waals surface area (Å²) in [6.45, 7) is 2.25. The number of likely N-dealkylation sites (tertiary alicyclic amines) is 1. The summed E-state index contributed by atoms with van der Waals surface area (Å²) >= 11 is 0. The fraction of sp³-hybridized carbons (Fsp3) is 0.444. The van der Waals surface area contributed by atoms with Gasteiger partial charge in [-0.3, -0.25) is 9.59 Å². The maximum Gasteiger partial charge on any atom is 0.273 e. The highest BCUT2D eigenvalue weighted by Crippen LogP contribution is 2.44. The van der Waals surface area contributed by atoms with E-state index in [0.717, 1.165) is 38.1 Å². The van der Waals surface area contributed by atoms with Crippen molar-refractivity contribution in [3.63, 3.8) is 0 Å². The number of rotatable bonds is 8. The Kier molecular flexibility index (Phi) is 6.38. The van der Waals surface area contributed by atoms with Gasteiger partial charge < -0.3 is 20.1 Å². The van der Waals surface area contributed by atoms with Crippen LogP contribution < -0.4 is 10.6 Å². The zero-order valence-corrected chi connectivity index (χ0v) is 20.7. The predicted octanol–water partition coefficient (Wildman–Crippen LogP) is 3.05. The van der Waals surface area contributed by atoms with E-state index in [0.29, 0.717) is 24.7 Å². The number of nitrogens with zero attached hydrogens (tertiary/aromatic N) is 4. The van der Waals surface area contributed by atoms with Crippen molar-refractivity contribution in [2.45, 2.75) is 43.7 Å². The fourth-order valence-electron chi connectivity index (χ4n) is 5.13. The molecule has 2 aromatic heterocycles. The lowest BCUT2D eigenvalue weighted by molar-refractivity contribution is -0.128. The highest BCUT2D eigenvalue weighted by atomic mass is 19.1. The molecule has 6 rings (SSSR count). The molecule has 198 valence electrons. The van der Waals surface area contributed by atoms with Gasteiger partial charge in [-0.05, 0) is 56.2 Å². The van der Waals surface area contributed by atoms with Gasteiger partial charge in [0.05, 0.1) is 17.0 Å². The Morgan fingerprint density at radius 3 is 2.61 bits per heavy atom. The Labute approximate surface area is 218 Å². The summed E-state index contributed by atoms with van der Waals surface area (Å²) in [5, 5.41) is 9.92. The van der Waals surface area contributed by atoms with Crippen LogP contribution in [0, 0.1) is 23.5 Å². The average molecular weight is 523 g/mol. The molecule has 2 aliphatic carbocycles. The van der Waals surface area contributed by atoms with Crippen molar-refractivity contribution >= 4 is 11.8 Å². The van der Waals surface area contributed by atoms with Crippen molar-refractivity contribution in [3.05, 3.63) is 65.9 Å². The molecule has 0 spiro atoms. The summed E-state index contributed by atoms with van der Waals surface area (Å²) in [7, 11) is 0. The van der Waals surface area contributed by atoms with Gasteiger partial charge in [0, 0.05) is 50.2 Å². The van der Waals surface area contributed by atoms with E-state index in [1.807, 2.05) is 0 Å². The molecular weight excluding hydrogens is 494 g/mol. The minimum absolute atomic E-state index is 0.00134. The molecule has 3 heterocycles. The quantitative estimate of drug-likeness (QED) is 0.468. The summed E-state index contributed by atoms with van der Waals surface area (Å²) in [5.74, 6) is -1.38. The van der Waals surface area contributed by atoms with Crippen molar-refractivity contribution in [2.75, 3.05) is 19.6 Å². The van der Waals surface area contributed by atoms with E-state index >= 15 is 0 Å². The smallest absolute Gasteiger partial charge is 0.273 e. The normalized spacial score (nSPS) is 22.6. The number of carbonyl (C=O) groups excluding carboxylic acids is 2. The summed E-state index contributed by atoms with van der Waals surface area (Å²) in [5.41, 5.74) is -0.604. The maximum atomic E-state index is 14.2. The molecule has 1 aromatic carbocycles. The molecule has 2 N–H and O–H groups in total. The lowest BCUT2D eigenvalue weighted by Gasteiger charge is -2.38. The van der Waals surface area contributed by atoms with E-state index in [-0.39, 0.29) is 22.9 Å². The standard InChI is InChI=1S/C27H28F2N6O3/c28-17-4-5-18(20(29)12-17)23-13-22(34-38-23)25(37)32-21-6-11-35(14-16-2-3-16)15-19(21)24(36)33-27(7-8-27)26-30-9-1-10-31-26/h1,4-5,9-10,12-13,16,19,21H,2-3,6-8,11,14-15H2,(H,32,37)(H,33,36)/t19-,21-/m0/s1. The number of benzene rings is 1. The largest absolute Gasteiger partial charge is 0.355 e. The lowest BCUT2D eigenvalue weighted by atomic mass is 9.90. The minimum atomic E-state index is -0.815. The Hall–Kier alpha value is -3.73. The SMILES string of the molecule is O=C(N[C@H]1CCN(CC2CC2)C[C@@H]1C(=O)NC1(c2ncccn2)CC1)c1cc(-c2ccc(F)cc2F)on1. The summed E-state index contributed by atoms with van der Waals surface area (Å²) < 4.78 is 32.6. The Morgan fingerprint density at radius 1 is 1.11 bits per heavy atom. The number of amides is 2. The van der Waals surface area contributed by atoms with Crippen LogP contribution in [0.3, 0.4) is 0 Å². The van der Waals surface area contributed by atoms with E-state index in [1.54, 1.807) is 18.5 Å². The molecule has 9 nitrogen and oxygen atoms in total. The zero-order chi connectivity index (χ0) is 26.3. The second-order valence-corrected chi connectivity index (χ2v) is 10.5. The van der Waals surface area contributed by atoms with E-state index < -0.39 is 35.0 Å². The van der Waals surface area contributed by atoms with E-state index in [4.69, 9.17) is 4.52 Å². The fourth-order valence-corrected chi connectivity index (χ4v) is 5.13. The second-order valence-electron chi connectivity index (χ2n) is 10.5. The molecule has 3 fully saturated rings. The second kappa shape index (κ2) is 9.86. The average Bonchev–Trinajstić information content (AvgIpc) is 3.84. The first-order chi connectivity index (χ1) is 18.4. The van der Waals surface area contributed by atoms with Crippen LogP contribution in [-0.2, 0) is 10.3 Å². The van der Waals surface area contributed by atoms with E-state index in [2.05, 4.69) is 30.7 Å². The number of nitrogens with one attached hydrogen (secondary N) is 2. The van der Waals surface area contributed by atoms with Crippen molar-refractivity contribution in [1.29, 1.82) is 0 Å². The van der Waals surface area contributed by atoms with Gasteiger partial charge in [0.1, 0.15) is 11.6 Å². The number of halogens is 2. The molecule has 2 saturated carbocycles. The van der Waals surface area contributed by atoms with Gasteiger partial charge in [0.25, 0.3) is 5.91 Å². The molecule has 0 bridgehead atoms. The van der Waals surface area contributed by atoms with Crippen LogP contribution in [0.25, 0.3) is 11.3 Å². The molecule has 38 heavy (non-hydrogen) atoms. The first kappa shape index (κ1) is 24.6. The van der Waals surface area contributed by atoms with Crippen LogP contribution >= 0.6 is 0 Å². The monoisotopic (exact) mass is 522 g/mol. The van der Waals surface area contributed by atoms with Gasteiger partial charge >= 0.3 is 0 Å². The summed E-state index contributed by atoms with van der Waals surface area (Å²) in [4.78, 5) is 37.7. The third-order valence-electron chi connectivity index (χ3n) is 7.61. The molecule has 3 aliphatic rings. The van der Waals surface area contributed by atoms with E-state index in [1.165, 1.54) is 25.0 Å². The minimum Gasteiger partial charge on any atom is -0.355 e. The van der Waals surface area contributed by atoms with Gasteiger partial charge in [-0.15, -0.1) is 0 Å². The molecule has 0 unspecified atom stereocenters. The molecule has 2 atom stereocenters. The first-order valence-electron chi connectivity index (χ1n) is 12.9. The Bertz CT molecular complexity index is 1340. The molecular formula is C27H28F2N6O3. The molecule has 1 aliphatic heterocycles. The molecule has 2 amide bonds. The third-order valence-corrected chi connectivity index (χ3v) is 7.61. The third kappa shape index (κ3) is 5.15. The van der Waals surface area contributed by atoms with Crippen LogP contribution in [0.4, 0.5) is 8.78 Å². The predicted molar refractivity (Wildman–Crippen MR) is 131 cm³/mol. The molecule has 0 radical (unpaired) electrons. The lowest BCUT2D eigenvalue weighted by Crippen LogP contribution is -2.57. The van der Waals surface area contributed by atoms with Crippen LogP contribution in [0.15, 0.2) is 47.2 Å². The molecule has 1 saturated heterocycles. The topological polar surface area (TPSA) is 113 Å². The van der Waals surface area contributed by atoms with Crippen molar-refractivity contribution in [3.8, 4) is 11.3 Å². The summed E-state index contributed by atoms with van der Waals surface area (Å²) in [6.07, 6.45) is 7.89. The van der Waals surface area contributed by atoms with Gasteiger partial charge in [0.15, 0.2) is 17.3 Å². The Balaban J connectivity index is 1.17. The summed E-state index contributed by atoms with van der Waals surface area (Å²) in [6, 6.07) is 5.70. The molecule has 11 heteroatoms. The van der Waals surface area contributed by atoms with E-state index in [9.17, 15) is 18.4 Å². The zero-order valence-electron chi connectivity index (χ0n) is 20.7. The number of aromatic nitrogens is 3. The Morgan fingerprint density at radius 2 is 1.89 bits per heavy atom. The van der Waals surface area contributed by atoms with Crippen LogP contribution in [0.1, 0.15) is 48.4 Å². The highest BCUT2D eigenvalue weighted by Gasteiger charge is 2.50. The highest BCUT2D eigenvalue weighted by molar-refractivity contribution is 5.94. The number of hydrogen-bond donors (Lipinski definition) is 2. The first-order valence-corrected chi connectivity index (χ1v) is 12.9. The number of hydrogen-bond acceptors (Lipinski definition) is 7. The van der Waals surface area contributed by atoms with Crippen molar-refractivity contribution in [1.82, 2.24) is 30.7 Å². The number of carbonyl (C=O) groups is 2. The maximum absolute atomic E-state index is 14.2. The van der Waals surface area contributed by atoms with Crippen LogP contribution in [0.5, 0.6) is 0 Å². The molecule has 3 aromatic rings. The van der Waals surface area contributed by atoms with Gasteiger partial charge in [-0.1, -0.05) is 5.16 Å². The van der Waals surface area contributed by atoms with Crippen LogP contribution in [-0.4, -0.2) is 57.5 Å². The van der Waals surface area contributed by atoms with Crippen LogP contribution in [0.2, 0.25) is 0 Å². The van der Waals surface area contributed by atoms with Gasteiger partial charge in [0.2, 0.25) is 5.91 Å². The van der Waals surface area contributed by atoms with Gasteiger partial charge in [-0.2, -0.15) is 0 Å². The van der Waals surface area contributed by atoms with Gasteiger partial charge in [-0.25, -0.2) is 18.7 Å².